The molecule has 70 valence electrons. The summed E-state index contributed by atoms with van der Waals surface area (Å²) < 4.78 is 16.7. The third-order valence-corrected chi connectivity index (χ3v) is 1.52. The average Bonchev–Trinajstić information content (AvgIpc) is 2.19. The Morgan fingerprint density at radius 1 is 1.31 bits per heavy atom. The predicted octanol–water partition coefficient (Wildman–Crippen LogP) is 1.74. The van der Waals surface area contributed by atoms with Crippen molar-refractivity contribution in [3.63, 3.8) is 0 Å². The number of hydrogen-bond acceptors (Lipinski definition) is 2. The van der Waals surface area contributed by atoms with Gasteiger partial charge in [-0.15, -0.1) is 0 Å². The Hall–Kier alpha value is -1.22. The Kier molecular flexibility index (Phi) is 4.12. The zero-order valence-electron chi connectivity index (χ0n) is 7.20. The molecule has 1 rings (SSSR count). The van der Waals surface area contributed by atoms with Crippen LogP contribution in [0.25, 0.3) is 0 Å². The minimum Gasteiger partial charge on any atom is -0.369 e. The summed E-state index contributed by atoms with van der Waals surface area (Å²) in [6, 6.07) is 9.45. The van der Waals surface area contributed by atoms with Gasteiger partial charge in [0.05, 0.1) is 6.61 Å². The maximum Gasteiger partial charge on any atom is 0.189 e. The van der Waals surface area contributed by atoms with Gasteiger partial charge in [-0.2, -0.15) is 0 Å². The largest absolute Gasteiger partial charge is 0.369 e. The zero-order valence-corrected chi connectivity index (χ0v) is 7.20. The first kappa shape index (κ1) is 9.86. The number of carbonyl (C=O) groups excluding carboxylic acids is 1. The number of ketones is 1. The molecule has 0 heterocycles. The molecule has 1 aromatic rings. The molecule has 0 N–H and O–H groups in total. The van der Waals surface area contributed by atoms with Gasteiger partial charge in [0.1, 0.15) is 6.61 Å². The number of halogens is 1. The van der Waals surface area contributed by atoms with E-state index < -0.39 is 12.5 Å². The minimum atomic E-state index is -0.950. The SMILES string of the molecule is O=C(CF)COCc1ccccc1. The van der Waals surface area contributed by atoms with Crippen LogP contribution in [-0.2, 0) is 16.1 Å². The molecule has 0 bridgehead atoms. The van der Waals surface area contributed by atoms with Crippen LogP contribution >= 0.6 is 0 Å². The lowest BCUT2D eigenvalue weighted by atomic mass is 10.2. The van der Waals surface area contributed by atoms with E-state index in [4.69, 9.17) is 4.74 Å². The number of benzene rings is 1. The van der Waals surface area contributed by atoms with E-state index in [-0.39, 0.29) is 6.61 Å². The zero-order chi connectivity index (χ0) is 9.52. The molecule has 0 fully saturated rings. The van der Waals surface area contributed by atoms with Crippen molar-refractivity contribution >= 4 is 5.78 Å². The van der Waals surface area contributed by atoms with Gasteiger partial charge in [-0.25, -0.2) is 4.39 Å². The van der Waals surface area contributed by atoms with Crippen molar-refractivity contribution in [2.45, 2.75) is 6.61 Å². The molecule has 0 aliphatic heterocycles. The van der Waals surface area contributed by atoms with E-state index >= 15 is 0 Å². The second kappa shape index (κ2) is 5.43. The molecule has 0 unspecified atom stereocenters. The molecule has 0 spiro atoms. The Morgan fingerprint density at radius 3 is 2.62 bits per heavy atom. The Bertz CT molecular complexity index is 259. The fraction of sp³-hybridized carbons (Fsp3) is 0.300. The number of alkyl halides is 1. The molecule has 0 amide bonds. The lowest BCUT2D eigenvalue weighted by Gasteiger charge is -2.01. The number of hydrogen-bond donors (Lipinski definition) is 0. The highest BCUT2D eigenvalue weighted by Crippen LogP contribution is 1.99. The average molecular weight is 182 g/mol. The predicted molar refractivity (Wildman–Crippen MR) is 47.1 cm³/mol. The molecule has 13 heavy (non-hydrogen) atoms. The van der Waals surface area contributed by atoms with E-state index in [0.29, 0.717) is 6.61 Å². The molecule has 2 nitrogen and oxygen atoms in total. The molecule has 0 radical (unpaired) electrons. The smallest absolute Gasteiger partial charge is 0.189 e. The Balaban J connectivity index is 2.24. The van der Waals surface area contributed by atoms with Crippen LogP contribution in [-0.4, -0.2) is 19.1 Å². The highest BCUT2D eigenvalue weighted by molar-refractivity contribution is 5.80. The fourth-order valence-corrected chi connectivity index (χ4v) is 0.896. The maximum atomic E-state index is 11.7. The normalized spacial score (nSPS) is 9.92. The van der Waals surface area contributed by atoms with E-state index in [2.05, 4.69) is 0 Å². The number of Topliss-reactive ketones (excluding diaryl/α,β-unsaturated/α-hetero) is 1. The van der Waals surface area contributed by atoms with Crippen LogP contribution in [0.2, 0.25) is 0 Å². The van der Waals surface area contributed by atoms with Crippen LogP contribution in [0.1, 0.15) is 5.56 Å². The van der Waals surface area contributed by atoms with Crippen molar-refractivity contribution in [2.75, 3.05) is 13.3 Å². The maximum absolute atomic E-state index is 11.7. The van der Waals surface area contributed by atoms with E-state index in [1.165, 1.54) is 0 Å². The van der Waals surface area contributed by atoms with Crippen LogP contribution < -0.4 is 0 Å². The molecular formula is C10H11FO2. The van der Waals surface area contributed by atoms with Gasteiger partial charge >= 0.3 is 0 Å². The second-order valence-corrected chi connectivity index (χ2v) is 2.65. The summed E-state index contributed by atoms with van der Waals surface area (Å²) in [7, 11) is 0. The van der Waals surface area contributed by atoms with Gasteiger partial charge in [-0.3, -0.25) is 4.79 Å². The standard InChI is InChI=1S/C10H11FO2/c11-6-10(12)8-13-7-9-4-2-1-3-5-9/h1-5H,6-8H2. The van der Waals surface area contributed by atoms with E-state index in [0.717, 1.165) is 5.56 Å². The number of ether oxygens (including phenoxy) is 1. The topological polar surface area (TPSA) is 26.3 Å². The van der Waals surface area contributed by atoms with Gasteiger partial charge < -0.3 is 4.74 Å². The second-order valence-electron chi connectivity index (χ2n) is 2.65. The fourth-order valence-electron chi connectivity index (χ4n) is 0.896. The Labute approximate surface area is 76.3 Å². The van der Waals surface area contributed by atoms with Gasteiger partial charge in [0.2, 0.25) is 0 Å². The first-order valence-corrected chi connectivity index (χ1v) is 4.02. The molecule has 0 saturated carbocycles. The molecule has 0 saturated heterocycles. The minimum absolute atomic E-state index is 0.147. The quantitative estimate of drug-likeness (QED) is 0.693. The van der Waals surface area contributed by atoms with Crippen molar-refractivity contribution in [2.24, 2.45) is 0 Å². The van der Waals surface area contributed by atoms with Gasteiger partial charge in [0, 0.05) is 0 Å². The highest BCUT2D eigenvalue weighted by atomic mass is 19.1. The lowest BCUT2D eigenvalue weighted by molar-refractivity contribution is -0.124. The molecule has 0 aromatic heterocycles. The Morgan fingerprint density at radius 2 is 2.00 bits per heavy atom. The lowest BCUT2D eigenvalue weighted by Crippen LogP contribution is -2.09. The molecular weight excluding hydrogens is 171 g/mol. The van der Waals surface area contributed by atoms with Crippen LogP contribution in [0.4, 0.5) is 4.39 Å². The van der Waals surface area contributed by atoms with Crippen LogP contribution in [0.3, 0.4) is 0 Å². The summed E-state index contributed by atoms with van der Waals surface area (Å²) in [5.41, 5.74) is 0.981. The molecule has 0 aliphatic rings. The van der Waals surface area contributed by atoms with Crippen molar-refractivity contribution in [3.8, 4) is 0 Å². The molecule has 0 atom stereocenters. The van der Waals surface area contributed by atoms with Crippen molar-refractivity contribution in [1.29, 1.82) is 0 Å². The third kappa shape index (κ3) is 3.80. The summed E-state index contributed by atoms with van der Waals surface area (Å²) >= 11 is 0. The van der Waals surface area contributed by atoms with Crippen LogP contribution in [0.15, 0.2) is 30.3 Å². The van der Waals surface area contributed by atoms with Gasteiger partial charge in [0.25, 0.3) is 0 Å². The molecule has 3 heteroatoms. The number of carbonyl (C=O) groups is 1. The summed E-state index contributed by atoms with van der Waals surface area (Å²) in [4.78, 5) is 10.5. The van der Waals surface area contributed by atoms with Crippen molar-refractivity contribution in [3.05, 3.63) is 35.9 Å². The van der Waals surface area contributed by atoms with Gasteiger partial charge in [0.15, 0.2) is 12.5 Å². The number of rotatable bonds is 5. The summed E-state index contributed by atoms with van der Waals surface area (Å²) in [5.74, 6) is -0.518. The summed E-state index contributed by atoms with van der Waals surface area (Å²) in [6.45, 7) is -0.743. The van der Waals surface area contributed by atoms with Gasteiger partial charge in [-0.1, -0.05) is 30.3 Å². The van der Waals surface area contributed by atoms with Crippen molar-refractivity contribution < 1.29 is 13.9 Å². The van der Waals surface area contributed by atoms with Crippen LogP contribution in [0.5, 0.6) is 0 Å². The summed E-state index contributed by atoms with van der Waals surface area (Å²) in [5, 5.41) is 0. The monoisotopic (exact) mass is 182 g/mol. The van der Waals surface area contributed by atoms with E-state index in [1.807, 2.05) is 30.3 Å². The van der Waals surface area contributed by atoms with E-state index in [9.17, 15) is 9.18 Å². The summed E-state index contributed by atoms with van der Waals surface area (Å²) in [6.07, 6.45) is 0. The third-order valence-electron chi connectivity index (χ3n) is 1.52. The molecule has 1 aromatic carbocycles. The first-order chi connectivity index (χ1) is 6.33. The van der Waals surface area contributed by atoms with Crippen molar-refractivity contribution in [1.82, 2.24) is 0 Å². The first-order valence-electron chi connectivity index (χ1n) is 4.02. The van der Waals surface area contributed by atoms with E-state index in [1.54, 1.807) is 0 Å². The highest BCUT2D eigenvalue weighted by Gasteiger charge is 1.99. The van der Waals surface area contributed by atoms with Crippen LogP contribution in [0, 0.1) is 0 Å². The molecule has 0 aliphatic carbocycles. The van der Waals surface area contributed by atoms with Gasteiger partial charge in [-0.05, 0) is 5.56 Å².